The van der Waals surface area contributed by atoms with E-state index in [1.165, 1.54) is 5.56 Å². The minimum atomic E-state index is 0.307. The predicted molar refractivity (Wildman–Crippen MR) is 105 cm³/mol. The second kappa shape index (κ2) is 6.42. The molecule has 4 heterocycles. The van der Waals surface area contributed by atoms with E-state index in [-0.39, 0.29) is 0 Å². The zero-order valence-corrected chi connectivity index (χ0v) is 15.2. The van der Waals surface area contributed by atoms with E-state index in [0.717, 1.165) is 42.5 Å². The van der Waals surface area contributed by atoms with Crippen molar-refractivity contribution in [1.82, 2.24) is 24.1 Å². The number of nitrogens with zero attached hydrogens (tertiary/aromatic N) is 6. The lowest BCUT2D eigenvalue weighted by Gasteiger charge is -2.25. The fraction of sp³-hybridized carbons (Fsp3) is 0.250. The molecule has 0 saturated carbocycles. The van der Waals surface area contributed by atoms with E-state index in [2.05, 4.69) is 45.5 Å². The fourth-order valence-corrected chi connectivity index (χ4v) is 3.76. The van der Waals surface area contributed by atoms with Crippen LogP contribution in [0.25, 0.3) is 5.52 Å². The minimum Gasteiger partial charge on any atom is -0.338 e. The van der Waals surface area contributed by atoms with Gasteiger partial charge in [-0.1, -0.05) is 30.3 Å². The molecule has 27 heavy (non-hydrogen) atoms. The van der Waals surface area contributed by atoms with E-state index in [1.807, 2.05) is 40.7 Å². The number of aromatic nitrogens is 5. The van der Waals surface area contributed by atoms with Crippen molar-refractivity contribution in [2.45, 2.75) is 18.9 Å². The molecule has 0 amide bonds. The van der Waals surface area contributed by atoms with Crippen molar-refractivity contribution in [3.8, 4) is 0 Å². The predicted octanol–water partition coefficient (Wildman–Crippen LogP) is 3.55. The highest BCUT2D eigenvalue weighted by Crippen LogP contribution is 2.35. The Morgan fingerprint density at radius 3 is 2.81 bits per heavy atom. The maximum absolute atomic E-state index is 4.87. The van der Waals surface area contributed by atoms with Gasteiger partial charge in [0, 0.05) is 26.0 Å². The summed E-state index contributed by atoms with van der Waals surface area (Å²) in [4.78, 5) is 11.5. The Morgan fingerprint density at radius 1 is 1.11 bits per heavy atom. The third-order valence-corrected chi connectivity index (χ3v) is 5.03. The Morgan fingerprint density at radius 2 is 2.00 bits per heavy atom. The number of hydrogen-bond acceptors (Lipinski definition) is 5. The van der Waals surface area contributed by atoms with Crippen LogP contribution in [0, 0.1) is 0 Å². The molecule has 0 bridgehead atoms. The van der Waals surface area contributed by atoms with Crippen molar-refractivity contribution in [2.75, 3.05) is 16.8 Å². The molecule has 1 N–H and O–H groups in total. The Bertz CT molecular complexity index is 1070. The van der Waals surface area contributed by atoms with Gasteiger partial charge >= 0.3 is 0 Å². The lowest BCUT2D eigenvalue weighted by atomic mass is 10.1. The molecule has 136 valence electrons. The second-order valence-electron chi connectivity index (χ2n) is 6.91. The molecular weight excluding hydrogens is 338 g/mol. The average molecular weight is 359 g/mol. The normalized spacial score (nSPS) is 16.9. The van der Waals surface area contributed by atoms with Gasteiger partial charge in [0.1, 0.15) is 11.3 Å². The third-order valence-electron chi connectivity index (χ3n) is 5.03. The van der Waals surface area contributed by atoms with Crippen molar-refractivity contribution in [2.24, 2.45) is 7.05 Å². The van der Waals surface area contributed by atoms with Crippen molar-refractivity contribution < 1.29 is 0 Å². The molecule has 0 radical (unpaired) electrons. The Balaban J connectivity index is 1.55. The maximum atomic E-state index is 4.87. The monoisotopic (exact) mass is 359 g/mol. The molecule has 4 aromatic rings. The number of anilines is 3. The van der Waals surface area contributed by atoms with Gasteiger partial charge in [-0.2, -0.15) is 4.98 Å². The van der Waals surface area contributed by atoms with Crippen LogP contribution in [-0.2, 0) is 7.05 Å². The molecule has 1 aliphatic heterocycles. The summed E-state index contributed by atoms with van der Waals surface area (Å²) in [7, 11) is 1.95. The topological polar surface area (TPSA) is 63.3 Å². The van der Waals surface area contributed by atoms with Crippen LogP contribution in [0.2, 0.25) is 0 Å². The first-order chi connectivity index (χ1) is 13.3. The summed E-state index contributed by atoms with van der Waals surface area (Å²) in [6, 6.07) is 14.9. The van der Waals surface area contributed by atoms with Gasteiger partial charge in [0.15, 0.2) is 5.82 Å². The number of aryl methyl sites for hydroxylation is 1. The fourth-order valence-electron chi connectivity index (χ4n) is 3.76. The van der Waals surface area contributed by atoms with Crippen LogP contribution in [0.3, 0.4) is 0 Å². The van der Waals surface area contributed by atoms with E-state index in [0.29, 0.717) is 6.04 Å². The van der Waals surface area contributed by atoms with Crippen molar-refractivity contribution in [3.63, 3.8) is 0 Å². The van der Waals surface area contributed by atoms with Crippen LogP contribution in [-0.4, -0.2) is 30.7 Å². The minimum absolute atomic E-state index is 0.307. The van der Waals surface area contributed by atoms with Crippen LogP contribution in [0.4, 0.5) is 17.6 Å². The second-order valence-corrected chi connectivity index (χ2v) is 6.91. The van der Waals surface area contributed by atoms with Crippen LogP contribution < -0.4 is 10.2 Å². The summed E-state index contributed by atoms with van der Waals surface area (Å²) < 4.78 is 3.79. The van der Waals surface area contributed by atoms with Gasteiger partial charge in [-0.15, -0.1) is 5.10 Å². The first kappa shape index (κ1) is 15.9. The molecule has 7 heteroatoms. The summed E-state index contributed by atoms with van der Waals surface area (Å²) in [5.74, 6) is 2.28. The molecule has 7 nitrogen and oxygen atoms in total. The number of rotatable bonds is 4. The lowest BCUT2D eigenvalue weighted by Crippen LogP contribution is -2.25. The highest BCUT2D eigenvalue weighted by atomic mass is 15.4. The van der Waals surface area contributed by atoms with Gasteiger partial charge < -0.3 is 14.8 Å². The lowest BCUT2D eigenvalue weighted by molar-refractivity contribution is 0.690. The smallest absolute Gasteiger partial charge is 0.246 e. The zero-order chi connectivity index (χ0) is 18.2. The molecule has 0 spiro atoms. The average Bonchev–Trinajstić information content (AvgIpc) is 3.42. The molecule has 0 aliphatic carbocycles. The largest absolute Gasteiger partial charge is 0.338 e. The highest BCUT2D eigenvalue weighted by molar-refractivity contribution is 5.73. The number of imidazole rings is 1. The van der Waals surface area contributed by atoms with Crippen molar-refractivity contribution in [1.29, 1.82) is 0 Å². The van der Waals surface area contributed by atoms with E-state index in [1.54, 1.807) is 6.33 Å². The van der Waals surface area contributed by atoms with Gasteiger partial charge in [0.25, 0.3) is 0 Å². The van der Waals surface area contributed by atoms with Gasteiger partial charge in [0.05, 0.1) is 12.4 Å². The molecule has 3 aromatic heterocycles. The van der Waals surface area contributed by atoms with Gasteiger partial charge in [0.2, 0.25) is 5.95 Å². The number of benzene rings is 1. The van der Waals surface area contributed by atoms with Crippen LogP contribution in [0.1, 0.15) is 24.4 Å². The summed E-state index contributed by atoms with van der Waals surface area (Å²) in [6.07, 6.45) is 7.91. The summed E-state index contributed by atoms with van der Waals surface area (Å²) in [5.41, 5.74) is 2.24. The SMILES string of the molecule is Cn1cnc(Nc2nc(N3CCCC3c3ccccc3)nn3cccc23)c1. The molecule has 1 saturated heterocycles. The number of hydrogen-bond donors (Lipinski definition) is 1. The molecular formula is C20H21N7. The first-order valence-corrected chi connectivity index (χ1v) is 9.20. The van der Waals surface area contributed by atoms with Gasteiger partial charge in [-0.3, -0.25) is 0 Å². The van der Waals surface area contributed by atoms with Crippen LogP contribution in [0.15, 0.2) is 61.2 Å². The van der Waals surface area contributed by atoms with E-state index < -0.39 is 0 Å². The Kier molecular flexibility index (Phi) is 3.78. The first-order valence-electron chi connectivity index (χ1n) is 9.20. The number of fused-ring (bicyclic) bond motifs is 1. The maximum Gasteiger partial charge on any atom is 0.246 e. The summed E-state index contributed by atoms with van der Waals surface area (Å²) >= 11 is 0. The Hall–Kier alpha value is -3.35. The molecule has 1 aliphatic rings. The third kappa shape index (κ3) is 2.91. The zero-order valence-electron chi connectivity index (χ0n) is 15.2. The van der Waals surface area contributed by atoms with E-state index >= 15 is 0 Å². The Labute approximate surface area is 157 Å². The standard InChI is InChI=1S/C20H21N7/c1-25-13-18(21-14-25)22-19-17-10-6-12-27(17)24-20(23-19)26-11-5-9-16(26)15-7-3-2-4-8-15/h2-4,6-8,10,12-14,16H,5,9,11H2,1H3,(H,22,23,24). The highest BCUT2D eigenvalue weighted by Gasteiger charge is 2.29. The van der Waals surface area contributed by atoms with Crippen molar-refractivity contribution >= 4 is 23.1 Å². The number of nitrogens with one attached hydrogen (secondary N) is 1. The van der Waals surface area contributed by atoms with Crippen LogP contribution in [0.5, 0.6) is 0 Å². The molecule has 1 atom stereocenters. The van der Waals surface area contributed by atoms with Gasteiger partial charge in [-0.05, 0) is 30.5 Å². The molecule has 1 aromatic carbocycles. The van der Waals surface area contributed by atoms with Crippen molar-refractivity contribution in [3.05, 3.63) is 66.7 Å². The quantitative estimate of drug-likeness (QED) is 0.604. The summed E-state index contributed by atoms with van der Waals surface area (Å²) in [6.45, 7) is 0.954. The van der Waals surface area contributed by atoms with Crippen LogP contribution >= 0.6 is 0 Å². The summed E-state index contributed by atoms with van der Waals surface area (Å²) in [5, 5.41) is 8.11. The molecule has 5 rings (SSSR count). The van der Waals surface area contributed by atoms with E-state index in [9.17, 15) is 0 Å². The molecule has 1 fully saturated rings. The van der Waals surface area contributed by atoms with Gasteiger partial charge in [-0.25, -0.2) is 9.50 Å². The molecule has 1 unspecified atom stereocenters. The van der Waals surface area contributed by atoms with E-state index in [4.69, 9.17) is 10.1 Å².